The van der Waals surface area contributed by atoms with E-state index in [1.54, 1.807) is 42.7 Å². The second kappa shape index (κ2) is 5.06. The highest BCUT2D eigenvalue weighted by atomic mass is 35.5. The molecule has 0 fully saturated rings. The largest absolute Gasteiger partial charge is 0.320 e. The van der Waals surface area contributed by atoms with Crippen LogP contribution in [0.25, 0.3) is 5.69 Å². The third-order valence-corrected chi connectivity index (χ3v) is 2.74. The van der Waals surface area contributed by atoms with E-state index in [1.807, 2.05) is 0 Å². The van der Waals surface area contributed by atoms with Crippen molar-refractivity contribution in [2.45, 2.75) is 6.54 Å². The number of benzene rings is 1. The minimum atomic E-state index is -0.596. The van der Waals surface area contributed by atoms with E-state index in [4.69, 9.17) is 11.6 Å². The molecule has 0 N–H and O–H groups in total. The molecule has 4 nitrogen and oxygen atoms in total. The fraction of sp³-hybridized carbons (Fsp3) is 0.0769. The predicted molar refractivity (Wildman–Crippen MR) is 71.5 cm³/mol. The molecule has 0 atom stereocenters. The van der Waals surface area contributed by atoms with Crippen LogP contribution in [0.2, 0.25) is 5.02 Å². The first kappa shape index (κ1) is 12.4. The quantitative estimate of drug-likeness (QED) is 0.626. The Morgan fingerprint density at radius 1 is 1.11 bits per heavy atom. The van der Waals surface area contributed by atoms with E-state index in [2.05, 4.69) is 6.58 Å². The van der Waals surface area contributed by atoms with Crippen LogP contribution in [0, 0.1) is 0 Å². The van der Waals surface area contributed by atoms with Crippen molar-refractivity contribution in [1.29, 1.82) is 0 Å². The van der Waals surface area contributed by atoms with Gasteiger partial charge >= 0.3 is 11.1 Å². The van der Waals surface area contributed by atoms with Gasteiger partial charge in [-0.3, -0.25) is 14.2 Å². The number of aromatic nitrogens is 2. The van der Waals surface area contributed by atoms with E-state index >= 15 is 0 Å². The van der Waals surface area contributed by atoms with Gasteiger partial charge in [0.25, 0.3) is 0 Å². The maximum Gasteiger partial charge on any atom is 0.320 e. The summed E-state index contributed by atoms with van der Waals surface area (Å²) >= 11 is 5.77. The van der Waals surface area contributed by atoms with Crippen molar-refractivity contribution >= 4 is 11.6 Å². The normalized spacial score (nSPS) is 10.3. The number of hydrogen-bond donors (Lipinski definition) is 0. The van der Waals surface area contributed by atoms with Gasteiger partial charge in [0.1, 0.15) is 0 Å². The van der Waals surface area contributed by atoms with Gasteiger partial charge in [-0.15, -0.1) is 6.58 Å². The van der Waals surface area contributed by atoms with Gasteiger partial charge in [-0.05, 0) is 24.3 Å². The van der Waals surface area contributed by atoms with E-state index in [-0.39, 0.29) is 0 Å². The van der Waals surface area contributed by atoms with Gasteiger partial charge in [-0.2, -0.15) is 0 Å². The van der Waals surface area contributed by atoms with Crippen molar-refractivity contribution in [3.05, 3.63) is 75.0 Å². The van der Waals surface area contributed by atoms with Crippen LogP contribution in [-0.2, 0) is 6.54 Å². The van der Waals surface area contributed by atoms with Gasteiger partial charge in [0.15, 0.2) is 0 Å². The van der Waals surface area contributed by atoms with Crippen molar-refractivity contribution in [3.63, 3.8) is 0 Å². The van der Waals surface area contributed by atoms with E-state index < -0.39 is 11.1 Å². The second-order valence-electron chi connectivity index (χ2n) is 3.70. The summed E-state index contributed by atoms with van der Waals surface area (Å²) in [5, 5.41) is 0.576. The Balaban J connectivity index is 2.57. The molecule has 1 heterocycles. The molecule has 18 heavy (non-hydrogen) atoms. The number of halogens is 1. The third-order valence-electron chi connectivity index (χ3n) is 2.49. The van der Waals surface area contributed by atoms with Crippen LogP contribution in [0.3, 0.4) is 0 Å². The number of rotatable bonds is 3. The summed E-state index contributed by atoms with van der Waals surface area (Å²) in [5.41, 5.74) is -0.568. The number of allylic oxidation sites excluding steroid dienone is 1. The van der Waals surface area contributed by atoms with Crippen LogP contribution < -0.4 is 11.1 Å². The third kappa shape index (κ3) is 2.28. The smallest absolute Gasteiger partial charge is 0.306 e. The van der Waals surface area contributed by atoms with Crippen LogP contribution in [0.4, 0.5) is 0 Å². The summed E-state index contributed by atoms with van der Waals surface area (Å²) in [5.74, 6) is 0. The average Bonchev–Trinajstić information content (AvgIpc) is 2.37. The highest BCUT2D eigenvalue weighted by Crippen LogP contribution is 2.11. The van der Waals surface area contributed by atoms with E-state index in [0.717, 1.165) is 0 Å². The Morgan fingerprint density at radius 2 is 1.78 bits per heavy atom. The number of nitrogens with zero attached hydrogens (tertiary/aromatic N) is 2. The molecule has 0 saturated carbocycles. The molecule has 92 valence electrons. The lowest BCUT2D eigenvalue weighted by Gasteiger charge is -2.07. The van der Waals surface area contributed by atoms with Crippen LogP contribution in [0.5, 0.6) is 0 Å². The molecule has 0 unspecified atom stereocenters. The first-order valence-corrected chi connectivity index (χ1v) is 5.70. The van der Waals surface area contributed by atoms with Crippen molar-refractivity contribution in [2.24, 2.45) is 0 Å². The highest BCUT2D eigenvalue weighted by molar-refractivity contribution is 6.30. The summed E-state index contributed by atoms with van der Waals surface area (Å²) in [6.07, 6.45) is 4.67. The first-order chi connectivity index (χ1) is 8.63. The van der Waals surface area contributed by atoms with Crippen LogP contribution >= 0.6 is 11.6 Å². The van der Waals surface area contributed by atoms with Crippen molar-refractivity contribution < 1.29 is 0 Å². The summed E-state index contributed by atoms with van der Waals surface area (Å²) in [4.78, 5) is 23.7. The predicted octanol–water partition coefficient (Wildman–Crippen LogP) is 1.84. The molecule has 2 rings (SSSR count). The molecule has 0 aliphatic rings. The van der Waals surface area contributed by atoms with Crippen LogP contribution in [-0.4, -0.2) is 9.13 Å². The Hall–Kier alpha value is -2.07. The molecule has 1 aromatic carbocycles. The molecule has 0 aliphatic carbocycles. The van der Waals surface area contributed by atoms with Crippen molar-refractivity contribution in [3.8, 4) is 5.69 Å². The van der Waals surface area contributed by atoms with E-state index in [0.29, 0.717) is 17.3 Å². The Labute approximate surface area is 108 Å². The minimum Gasteiger partial charge on any atom is -0.306 e. The van der Waals surface area contributed by atoms with Gasteiger partial charge in [0, 0.05) is 29.6 Å². The van der Waals surface area contributed by atoms with Crippen molar-refractivity contribution in [1.82, 2.24) is 9.13 Å². The molecule has 0 bridgehead atoms. The molecular formula is C13H11ClN2O2. The molecule has 0 aliphatic heterocycles. The van der Waals surface area contributed by atoms with Gasteiger partial charge in [-0.1, -0.05) is 17.7 Å². The summed E-state index contributed by atoms with van der Waals surface area (Å²) in [6, 6.07) is 6.69. The maximum atomic E-state index is 11.9. The molecule has 0 radical (unpaired) electrons. The van der Waals surface area contributed by atoms with Crippen LogP contribution in [0.1, 0.15) is 0 Å². The fourth-order valence-electron chi connectivity index (χ4n) is 1.60. The summed E-state index contributed by atoms with van der Waals surface area (Å²) in [6.45, 7) is 3.85. The highest BCUT2D eigenvalue weighted by Gasteiger charge is 2.05. The molecule has 0 spiro atoms. The SMILES string of the molecule is C=CCn1ccn(-c2ccc(Cl)cc2)c(=O)c1=O. The van der Waals surface area contributed by atoms with Gasteiger partial charge in [-0.25, -0.2) is 0 Å². The molecule has 0 amide bonds. The molecule has 1 aromatic heterocycles. The van der Waals surface area contributed by atoms with Gasteiger partial charge in [0.05, 0.1) is 0 Å². The summed E-state index contributed by atoms with van der Waals surface area (Å²) in [7, 11) is 0. The molecular weight excluding hydrogens is 252 g/mol. The Morgan fingerprint density at radius 3 is 2.39 bits per heavy atom. The monoisotopic (exact) mass is 262 g/mol. The van der Waals surface area contributed by atoms with Gasteiger partial charge in [0.2, 0.25) is 0 Å². The first-order valence-electron chi connectivity index (χ1n) is 5.32. The van der Waals surface area contributed by atoms with E-state index in [9.17, 15) is 9.59 Å². The second-order valence-corrected chi connectivity index (χ2v) is 4.13. The molecule has 0 saturated heterocycles. The Bertz CT molecular complexity index is 683. The number of hydrogen-bond acceptors (Lipinski definition) is 2. The average molecular weight is 263 g/mol. The zero-order valence-corrected chi connectivity index (χ0v) is 10.3. The Kier molecular flexibility index (Phi) is 3.48. The lowest BCUT2D eigenvalue weighted by Crippen LogP contribution is -2.39. The topological polar surface area (TPSA) is 44.0 Å². The zero-order chi connectivity index (χ0) is 13.1. The molecule has 5 heteroatoms. The minimum absolute atomic E-state index is 0.315. The zero-order valence-electron chi connectivity index (χ0n) is 9.54. The van der Waals surface area contributed by atoms with Crippen LogP contribution in [0.15, 0.2) is 58.9 Å². The lowest BCUT2D eigenvalue weighted by atomic mass is 10.3. The summed E-state index contributed by atoms with van der Waals surface area (Å²) < 4.78 is 2.60. The fourth-order valence-corrected chi connectivity index (χ4v) is 1.72. The van der Waals surface area contributed by atoms with Gasteiger partial charge < -0.3 is 4.57 Å². The maximum absolute atomic E-state index is 11.9. The standard InChI is InChI=1S/C13H11ClN2O2/c1-2-7-15-8-9-16(13(18)12(15)17)11-5-3-10(14)4-6-11/h2-6,8-9H,1,7H2. The van der Waals surface area contributed by atoms with Crippen molar-refractivity contribution in [2.75, 3.05) is 0 Å². The molecule has 2 aromatic rings. The van der Waals surface area contributed by atoms with E-state index in [1.165, 1.54) is 9.13 Å². The lowest BCUT2D eigenvalue weighted by molar-refractivity contribution is 0.733.